The van der Waals surface area contributed by atoms with Gasteiger partial charge in [0, 0.05) is 58.3 Å². The lowest BCUT2D eigenvalue weighted by Gasteiger charge is -2.53. The molecule has 0 aromatic heterocycles. The van der Waals surface area contributed by atoms with Crippen molar-refractivity contribution >= 4 is 22.0 Å². The van der Waals surface area contributed by atoms with Crippen molar-refractivity contribution in [1.29, 1.82) is 0 Å². The van der Waals surface area contributed by atoms with E-state index in [4.69, 9.17) is 0 Å². The highest BCUT2D eigenvalue weighted by molar-refractivity contribution is 7.89. The topological polar surface area (TPSA) is 81.2 Å². The molecular weight excluding hydrogens is 452 g/mol. The maximum Gasteiger partial charge on any atom is 0.320 e. The molecule has 4 saturated heterocycles. The Bertz CT molecular complexity index is 1100. The van der Waals surface area contributed by atoms with Gasteiger partial charge in [-0.2, -0.15) is 4.31 Å². The summed E-state index contributed by atoms with van der Waals surface area (Å²) in [4.78, 5) is 32.0. The number of fused-ring (bicyclic) bond motifs is 5. The minimum atomic E-state index is -3.54. The minimum absolute atomic E-state index is 0.0277. The number of carbonyl (C=O) groups is 2. The third-order valence-electron chi connectivity index (χ3n) is 8.67. The van der Waals surface area contributed by atoms with Crippen LogP contribution in [0.3, 0.4) is 0 Å². The van der Waals surface area contributed by atoms with Crippen molar-refractivity contribution in [1.82, 2.24) is 19.0 Å². The molecular formula is C25H34N4O4S. The maximum absolute atomic E-state index is 13.4. The van der Waals surface area contributed by atoms with Crippen LogP contribution >= 0.6 is 0 Å². The van der Waals surface area contributed by atoms with Crippen molar-refractivity contribution in [3.05, 3.63) is 29.3 Å². The van der Waals surface area contributed by atoms with Crippen molar-refractivity contribution in [3.63, 3.8) is 0 Å². The number of hydrogen-bond donors (Lipinski definition) is 0. The average molecular weight is 487 g/mol. The van der Waals surface area contributed by atoms with Gasteiger partial charge in [-0.3, -0.25) is 4.79 Å². The highest BCUT2D eigenvalue weighted by atomic mass is 32.2. The van der Waals surface area contributed by atoms with Crippen LogP contribution in [0.1, 0.15) is 43.2 Å². The molecule has 0 N–H and O–H groups in total. The van der Waals surface area contributed by atoms with E-state index in [1.165, 1.54) is 9.87 Å². The molecule has 1 aliphatic carbocycles. The molecule has 34 heavy (non-hydrogen) atoms. The van der Waals surface area contributed by atoms with Crippen molar-refractivity contribution in [3.8, 4) is 0 Å². The fraction of sp³-hybridized carbons (Fsp3) is 0.680. The maximum atomic E-state index is 13.4. The van der Waals surface area contributed by atoms with Gasteiger partial charge in [0.2, 0.25) is 15.9 Å². The fourth-order valence-electron chi connectivity index (χ4n) is 6.94. The standard InChI is InChI=1S/C25H34N4O4S/c30-24-6-2-5-23-21-13-18(16-29(23)24)15-27(17-21)25(31)26-9-11-28(12-10-26)34(32,33)22-8-7-19-3-1-4-20(19)14-22/h7-8,14,18,21,23H,1-6,9-13,15-17H2/t18-,21-,23-/m1/s1. The van der Waals surface area contributed by atoms with Crippen molar-refractivity contribution in [2.45, 2.75) is 55.9 Å². The summed E-state index contributed by atoms with van der Waals surface area (Å²) in [5.74, 6) is 0.996. The number of piperidine rings is 3. The number of sulfonamides is 1. The van der Waals surface area contributed by atoms with Gasteiger partial charge in [-0.05, 0) is 73.6 Å². The number of urea groups is 1. The molecule has 8 nitrogen and oxygen atoms in total. The number of amides is 3. The second kappa shape index (κ2) is 8.52. The summed E-state index contributed by atoms with van der Waals surface area (Å²) in [6, 6.07) is 5.86. The van der Waals surface area contributed by atoms with Gasteiger partial charge in [-0.25, -0.2) is 13.2 Å². The Labute approximate surface area is 201 Å². The van der Waals surface area contributed by atoms with Gasteiger partial charge < -0.3 is 14.7 Å². The normalized spacial score (nSPS) is 29.7. The Hall–Kier alpha value is -2.13. The van der Waals surface area contributed by atoms with E-state index in [0.717, 1.165) is 50.6 Å². The molecule has 9 heteroatoms. The number of nitrogens with zero attached hydrogens (tertiary/aromatic N) is 4. The number of piperazine rings is 1. The fourth-order valence-corrected chi connectivity index (χ4v) is 8.42. The molecule has 5 aliphatic rings. The van der Waals surface area contributed by atoms with Gasteiger partial charge in [0.1, 0.15) is 0 Å². The van der Waals surface area contributed by atoms with Gasteiger partial charge in [-0.1, -0.05) is 6.07 Å². The number of carbonyl (C=O) groups excluding carboxylic acids is 2. The molecule has 4 aliphatic heterocycles. The summed E-state index contributed by atoms with van der Waals surface area (Å²) in [6.07, 6.45) is 6.84. The van der Waals surface area contributed by atoms with Crippen LogP contribution in [0, 0.1) is 11.8 Å². The van der Waals surface area contributed by atoms with Gasteiger partial charge in [-0.15, -0.1) is 0 Å². The van der Waals surface area contributed by atoms with E-state index in [-0.39, 0.29) is 18.0 Å². The zero-order valence-electron chi connectivity index (χ0n) is 19.7. The van der Waals surface area contributed by atoms with Gasteiger partial charge in [0.15, 0.2) is 0 Å². The van der Waals surface area contributed by atoms with Crippen LogP contribution in [0.4, 0.5) is 4.79 Å². The van der Waals surface area contributed by atoms with Crippen molar-refractivity contribution < 1.29 is 18.0 Å². The molecule has 4 fully saturated rings. The highest BCUT2D eigenvalue weighted by Gasteiger charge is 2.45. The first kappa shape index (κ1) is 22.3. The summed E-state index contributed by atoms with van der Waals surface area (Å²) < 4.78 is 28.0. The zero-order chi connectivity index (χ0) is 23.4. The monoisotopic (exact) mass is 486 g/mol. The van der Waals surface area contributed by atoms with Crippen LogP contribution in [0.2, 0.25) is 0 Å². The van der Waals surface area contributed by atoms with Crippen molar-refractivity contribution in [2.24, 2.45) is 11.8 Å². The van der Waals surface area contributed by atoms with E-state index in [2.05, 4.69) is 4.90 Å². The number of benzene rings is 1. The Morgan fingerprint density at radius 3 is 2.50 bits per heavy atom. The average Bonchev–Trinajstić information content (AvgIpc) is 3.32. The second-order valence-electron chi connectivity index (χ2n) is 10.7. The Morgan fingerprint density at radius 2 is 1.68 bits per heavy atom. The predicted molar refractivity (Wildman–Crippen MR) is 127 cm³/mol. The molecule has 0 spiro atoms. The first-order valence-corrected chi connectivity index (χ1v) is 14.3. The van der Waals surface area contributed by atoms with Gasteiger partial charge >= 0.3 is 6.03 Å². The molecule has 1 aromatic rings. The largest absolute Gasteiger partial charge is 0.339 e. The Balaban J connectivity index is 1.09. The quantitative estimate of drug-likeness (QED) is 0.640. The predicted octanol–water partition coefficient (Wildman–Crippen LogP) is 1.93. The smallest absolute Gasteiger partial charge is 0.320 e. The number of rotatable bonds is 2. The second-order valence-corrected chi connectivity index (χ2v) is 12.7. The Kier molecular flexibility index (Phi) is 5.60. The lowest BCUT2D eigenvalue weighted by atomic mass is 9.76. The number of likely N-dealkylation sites (tertiary alicyclic amines) is 1. The molecule has 0 saturated carbocycles. The molecule has 184 valence electrons. The molecule has 0 unspecified atom stereocenters. The molecule has 2 bridgehead atoms. The van der Waals surface area contributed by atoms with Crippen LogP contribution in [0.25, 0.3) is 0 Å². The lowest BCUT2D eigenvalue weighted by molar-refractivity contribution is -0.144. The summed E-state index contributed by atoms with van der Waals surface area (Å²) in [5.41, 5.74) is 2.42. The summed E-state index contributed by atoms with van der Waals surface area (Å²) in [6.45, 7) is 3.67. The summed E-state index contributed by atoms with van der Waals surface area (Å²) in [7, 11) is -3.54. The number of aryl methyl sites for hydroxylation is 2. The van der Waals surface area contributed by atoms with Crippen LogP contribution in [-0.4, -0.2) is 91.2 Å². The molecule has 1 aromatic carbocycles. The van der Waals surface area contributed by atoms with Crippen LogP contribution in [-0.2, 0) is 27.7 Å². The van der Waals surface area contributed by atoms with Crippen LogP contribution in [0.15, 0.2) is 23.1 Å². The van der Waals surface area contributed by atoms with Crippen molar-refractivity contribution in [2.75, 3.05) is 45.8 Å². The third-order valence-corrected chi connectivity index (χ3v) is 10.6. The summed E-state index contributed by atoms with van der Waals surface area (Å²) >= 11 is 0. The first-order chi connectivity index (χ1) is 16.4. The van der Waals surface area contributed by atoms with Gasteiger partial charge in [0.05, 0.1) is 4.90 Å². The van der Waals surface area contributed by atoms with E-state index in [1.807, 2.05) is 21.9 Å². The Morgan fingerprint density at radius 1 is 0.882 bits per heavy atom. The molecule has 4 heterocycles. The summed E-state index contributed by atoms with van der Waals surface area (Å²) in [5, 5.41) is 0. The number of hydrogen-bond acceptors (Lipinski definition) is 4. The first-order valence-electron chi connectivity index (χ1n) is 12.9. The molecule has 3 amide bonds. The highest BCUT2D eigenvalue weighted by Crippen LogP contribution is 2.38. The zero-order valence-corrected chi connectivity index (χ0v) is 20.5. The van der Waals surface area contributed by atoms with E-state index < -0.39 is 10.0 Å². The van der Waals surface area contributed by atoms with Crippen LogP contribution < -0.4 is 0 Å². The molecule has 3 atom stereocenters. The van der Waals surface area contributed by atoms with Gasteiger partial charge in [0.25, 0.3) is 0 Å². The van der Waals surface area contributed by atoms with E-state index in [1.54, 1.807) is 6.07 Å². The molecule has 6 rings (SSSR count). The lowest BCUT2D eigenvalue weighted by Crippen LogP contribution is -2.63. The minimum Gasteiger partial charge on any atom is -0.339 e. The van der Waals surface area contributed by atoms with Crippen LogP contribution in [0.5, 0.6) is 0 Å². The SMILES string of the molecule is O=C(N1CCN(S(=O)(=O)c2ccc3c(c2)CCC3)CC1)N1C[C@H]2C[C@H](C1)[C@H]1CCCC(=O)N1C2. The third kappa shape index (κ3) is 3.81. The molecule has 0 radical (unpaired) electrons. The van der Waals surface area contributed by atoms with E-state index >= 15 is 0 Å². The van der Waals surface area contributed by atoms with E-state index in [0.29, 0.717) is 62.4 Å². The van der Waals surface area contributed by atoms with E-state index in [9.17, 15) is 18.0 Å².